The number of nitrogens with one attached hydrogen (secondary N) is 2. The zero-order chi connectivity index (χ0) is 17.8. The maximum absolute atomic E-state index is 12.2. The molecule has 0 fully saturated rings. The summed E-state index contributed by atoms with van der Waals surface area (Å²) in [5.74, 6) is -0.507. The van der Waals surface area contributed by atoms with Crippen LogP contribution in [0.4, 0.5) is 0 Å². The summed E-state index contributed by atoms with van der Waals surface area (Å²) in [6, 6.07) is 4.44. The third-order valence-electron chi connectivity index (χ3n) is 3.19. The van der Waals surface area contributed by atoms with Crippen LogP contribution in [-0.4, -0.2) is 29.0 Å². The summed E-state index contributed by atoms with van der Waals surface area (Å²) in [6.07, 6.45) is 0.0368. The fraction of sp³-hybridized carbons (Fsp3) is 0.529. The van der Waals surface area contributed by atoms with E-state index in [4.69, 9.17) is 11.6 Å². The molecule has 0 atom stereocenters. The Balaban J connectivity index is 2.65. The number of hydrogen-bond donors (Lipinski definition) is 3. The zero-order valence-electron chi connectivity index (χ0n) is 14.3. The molecule has 0 saturated heterocycles. The molecule has 2 amide bonds. The topological polar surface area (TPSA) is 78.4 Å². The van der Waals surface area contributed by atoms with Crippen molar-refractivity contribution in [2.75, 3.05) is 6.54 Å². The van der Waals surface area contributed by atoms with Crippen molar-refractivity contribution in [1.29, 1.82) is 0 Å². The van der Waals surface area contributed by atoms with Gasteiger partial charge in [0.25, 0.3) is 0 Å². The van der Waals surface area contributed by atoms with Crippen molar-refractivity contribution in [2.45, 2.75) is 46.6 Å². The largest absolute Gasteiger partial charge is 0.508 e. The van der Waals surface area contributed by atoms with E-state index < -0.39 is 5.54 Å². The smallest absolute Gasteiger partial charge is 0.245 e. The molecule has 6 heteroatoms. The number of rotatable bonds is 5. The summed E-state index contributed by atoms with van der Waals surface area (Å²) in [5.41, 5.74) is -0.464. The van der Waals surface area contributed by atoms with E-state index in [1.807, 2.05) is 20.8 Å². The SMILES string of the molecule is CC(C)(C)CNC(=O)C(C)(C)NC(=O)Cc1ccc(O)cc1Cl. The highest BCUT2D eigenvalue weighted by atomic mass is 35.5. The van der Waals surface area contributed by atoms with Crippen molar-refractivity contribution in [3.63, 3.8) is 0 Å². The molecule has 0 bridgehead atoms. The van der Waals surface area contributed by atoms with Gasteiger partial charge < -0.3 is 15.7 Å². The predicted octanol–water partition coefficient (Wildman–Crippen LogP) is 2.65. The molecule has 128 valence electrons. The van der Waals surface area contributed by atoms with Crippen LogP contribution >= 0.6 is 11.6 Å². The maximum atomic E-state index is 12.2. The van der Waals surface area contributed by atoms with E-state index >= 15 is 0 Å². The Bertz CT molecular complexity index is 592. The van der Waals surface area contributed by atoms with E-state index in [-0.39, 0.29) is 29.4 Å². The van der Waals surface area contributed by atoms with E-state index in [0.29, 0.717) is 17.1 Å². The minimum absolute atomic E-state index is 0.0324. The van der Waals surface area contributed by atoms with E-state index in [2.05, 4.69) is 10.6 Å². The van der Waals surface area contributed by atoms with Crippen LogP contribution in [0.1, 0.15) is 40.2 Å². The lowest BCUT2D eigenvalue weighted by atomic mass is 9.96. The molecule has 0 spiro atoms. The molecule has 0 aliphatic heterocycles. The zero-order valence-corrected chi connectivity index (χ0v) is 15.0. The highest BCUT2D eigenvalue weighted by Crippen LogP contribution is 2.22. The molecule has 1 aromatic carbocycles. The highest BCUT2D eigenvalue weighted by Gasteiger charge is 2.30. The summed E-state index contributed by atoms with van der Waals surface area (Å²) < 4.78 is 0. The molecule has 23 heavy (non-hydrogen) atoms. The Morgan fingerprint density at radius 1 is 1.17 bits per heavy atom. The predicted molar refractivity (Wildman–Crippen MR) is 91.5 cm³/mol. The lowest BCUT2D eigenvalue weighted by Crippen LogP contribution is -2.56. The molecule has 0 aliphatic carbocycles. The number of benzene rings is 1. The van der Waals surface area contributed by atoms with Gasteiger partial charge in [-0.05, 0) is 37.0 Å². The van der Waals surface area contributed by atoms with Crippen LogP contribution in [0.3, 0.4) is 0 Å². The van der Waals surface area contributed by atoms with Crippen molar-refractivity contribution in [3.8, 4) is 5.75 Å². The normalized spacial score (nSPS) is 11.9. The molecule has 0 aromatic heterocycles. The van der Waals surface area contributed by atoms with Crippen LogP contribution in [0.5, 0.6) is 5.75 Å². The van der Waals surface area contributed by atoms with Gasteiger partial charge in [0.2, 0.25) is 11.8 Å². The maximum Gasteiger partial charge on any atom is 0.245 e. The molecule has 0 saturated carbocycles. The minimum Gasteiger partial charge on any atom is -0.508 e. The number of phenols is 1. The summed E-state index contributed by atoms with van der Waals surface area (Å²) in [5, 5.41) is 15.2. The van der Waals surface area contributed by atoms with Crippen molar-refractivity contribution in [1.82, 2.24) is 10.6 Å². The number of carbonyl (C=O) groups is 2. The second-order valence-corrected chi connectivity index (χ2v) is 7.78. The standard InChI is InChI=1S/C17H25ClN2O3/c1-16(2,3)10-19-15(23)17(4,5)20-14(22)8-11-6-7-12(21)9-13(11)18/h6-7,9,21H,8,10H2,1-5H3,(H,19,23)(H,20,22). The van der Waals surface area contributed by atoms with Gasteiger partial charge >= 0.3 is 0 Å². The third-order valence-corrected chi connectivity index (χ3v) is 3.54. The second kappa shape index (κ2) is 7.21. The van der Waals surface area contributed by atoms with Gasteiger partial charge in [-0.2, -0.15) is 0 Å². The van der Waals surface area contributed by atoms with E-state index in [1.165, 1.54) is 12.1 Å². The molecule has 0 radical (unpaired) electrons. The molecule has 0 aliphatic rings. The first-order chi connectivity index (χ1) is 10.4. The minimum atomic E-state index is -1.02. The first kappa shape index (κ1) is 19.3. The van der Waals surface area contributed by atoms with Gasteiger partial charge in [0.1, 0.15) is 11.3 Å². The first-order valence-corrected chi connectivity index (χ1v) is 7.85. The van der Waals surface area contributed by atoms with E-state index in [9.17, 15) is 14.7 Å². The summed E-state index contributed by atoms with van der Waals surface area (Å²) >= 11 is 5.99. The first-order valence-electron chi connectivity index (χ1n) is 7.47. The molecular weight excluding hydrogens is 316 g/mol. The van der Waals surface area contributed by atoms with E-state index in [0.717, 1.165) is 0 Å². The number of carbonyl (C=O) groups excluding carboxylic acids is 2. The lowest BCUT2D eigenvalue weighted by Gasteiger charge is -2.27. The number of aromatic hydroxyl groups is 1. The number of phenolic OH excluding ortho intramolecular Hbond substituents is 1. The van der Waals surface area contributed by atoms with Gasteiger partial charge in [0.05, 0.1) is 6.42 Å². The summed E-state index contributed by atoms with van der Waals surface area (Å²) in [4.78, 5) is 24.4. The van der Waals surface area contributed by atoms with Crippen molar-refractivity contribution >= 4 is 23.4 Å². The van der Waals surface area contributed by atoms with Crippen LogP contribution < -0.4 is 10.6 Å². The molecule has 1 aromatic rings. The van der Waals surface area contributed by atoms with Crippen LogP contribution in [0.15, 0.2) is 18.2 Å². The molecular formula is C17H25ClN2O3. The number of hydrogen-bond acceptors (Lipinski definition) is 3. The molecule has 5 nitrogen and oxygen atoms in total. The fourth-order valence-corrected chi connectivity index (χ4v) is 2.11. The van der Waals surface area contributed by atoms with Crippen LogP contribution in [0.2, 0.25) is 5.02 Å². The Hall–Kier alpha value is -1.75. The van der Waals surface area contributed by atoms with Crippen molar-refractivity contribution in [2.24, 2.45) is 5.41 Å². The van der Waals surface area contributed by atoms with Crippen LogP contribution in [0, 0.1) is 5.41 Å². The van der Waals surface area contributed by atoms with Crippen molar-refractivity contribution < 1.29 is 14.7 Å². The monoisotopic (exact) mass is 340 g/mol. The third kappa shape index (κ3) is 6.48. The Labute approximate surface area is 142 Å². The summed E-state index contributed by atoms with van der Waals surface area (Å²) in [6.45, 7) is 9.89. The number of halogens is 1. The molecule has 0 heterocycles. The van der Waals surface area contributed by atoms with Crippen LogP contribution in [0.25, 0.3) is 0 Å². The fourth-order valence-electron chi connectivity index (χ4n) is 1.87. The van der Waals surface area contributed by atoms with Gasteiger partial charge in [-0.1, -0.05) is 38.4 Å². The second-order valence-electron chi connectivity index (χ2n) is 7.37. The Kier molecular flexibility index (Phi) is 6.05. The Morgan fingerprint density at radius 2 is 1.78 bits per heavy atom. The van der Waals surface area contributed by atoms with Crippen LogP contribution in [-0.2, 0) is 16.0 Å². The van der Waals surface area contributed by atoms with Gasteiger partial charge in [-0.25, -0.2) is 0 Å². The Morgan fingerprint density at radius 3 is 2.30 bits per heavy atom. The van der Waals surface area contributed by atoms with E-state index in [1.54, 1.807) is 19.9 Å². The van der Waals surface area contributed by atoms with Gasteiger partial charge in [0.15, 0.2) is 0 Å². The molecule has 1 rings (SSSR count). The molecule has 3 N–H and O–H groups in total. The number of amides is 2. The lowest BCUT2D eigenvalue weighted by molar-refractivity contribution is -0.132. The summed E-state index contributed by atoms with van der Waals surface area (Å²) in [7, 11) is 0. The quantitative estimate of drug-likeness (QED) is 0.771. The highest BCUT2D eigenvalue weighted by molar-refractivity contribution is 6.31. The van der Waals surface area contributed by atoms with Crippen molar-refractivity contribution in [3.05, 3.63) is 28.8 Å². The van der Waals surface area contributed by atoms with Gasteiger partial charge in [-0.15, -0.1) is 0 Å². The average Bonchev–Trinajstić information content (AvgIpc) is 2.37. The average molecular weight is 341 g/mol. The molecule has 0 unspecified atom stereocenters. The van der Waals surface area contributed by atoms with Gasteiger partial charge in [-0.3, -0.25) is 9.59 Å². The van der Waals surface area contributed by atoms with Gasteiger partial charge in [0, 0.05) is 11.6 Å².